The van der Waals surface area contributed by atoms with Gasteiger partial charge in [0.2, 0.25) is 0 Å². The number of aliphatic hydroxyl groups is 1. The minimum Gasteiger partial charge on any atom is -0.395 e. The SMILES string of the molecule is COCC(CO)NC(C)c1cc(F)c(Cl)cc1Cl. The van der Waals surface area contributed by atoms with Crippen molar-refractivity contribution in [3.63, 3.8) is 0 Å². The first kappa shape index (κ1) is 15.7. The van der Waals surface area contributed by atoms with Crippen molar-refractivity contribution in [2.45, 2.75) is 19.0 Å². The number of methoxy groups -OCH3 is 1. The maximum absolute atomic E-state index is 13.4. The molecular weight excluding hydrogens is 280 g/mol. The molecule has 0 amide bonds. The molecule has 0 radical (unpaired) electrons. The molecule has 0 spiro atoms. The summed E-state index contributed by atoms with van der Waals surface area (Å²) >= 11 is 11.6. The lowest BCUT2D eigenvalue weighted by atomic mass is 10.1. The standard InChI is InChI=1S/C12H16Cl2FNO2/c1-7(16-8(5-17)6-18-2)9-3-12(15)11(14)4-10(9)13/h3-4,7-8,16-17H,5-6H2,1-2H3. The van der Waals surface area contributed by atoms with Crippen LogP contribution in [0.1, 0.15) is 18.5 Å². The van der Waals surface area contributed by atoms with Gasteiger partial charge in [0.1, 0.15) is 5.82 Å². The minimum absolute atomic E-state index is 0.00782. The Kier molecular flexibility index (Phi) is 6.32. The molecule has 3 nitrogen and oxygen atoms in total. The highest BCUT2D eigenvalue weighted by Crippen LogP contribution is 2.28. The van der Waals surface area contributed by atoms with Gasteiger partial charge in [0, 0.05) is 18.2 Å². The zero-order valence-corrected chi connectivity index (χ0v) is 11.7. The molecule has 2 atom stereocenters. The third kappa shape index (κ3) is 4.07. The second-order valence-electron chi connectivity index (χ2n) is 4.01. The highest BCUT2D eigenvalue weighted by molar-refractivity contribution is 6.35. The molecule has 2 unspecified atom stereocenters. The number of hydrogen-bond donors (Lipinski definition) is 2. The Labute approximate surface area is 116 Å². The number of aliphatic hydroxyl groups excluding tert-OH is 1. The van der Waals surface area contributed by atoms with Gasteiger partial charge in [0.05, 0.1) is 24.3 Å². The van der Waals surface area contributed by atoms with Crippen LogP contribution >= 0.6 is 23.2 Å². The van der Waals surface area contributed by atoms with E-state index in [1.54, 1.807) is 7.11 Å². The van der Waals surface area contributed by atoms with E-state index in [0.717, 1.165) is 0 Å². The highest BCUT2D eigenvalue weighted by atomic mass is 35.5. The van der Waals surface area contributed by atoms with Gasteiger partial charge in [-0.2, -0.15) is 0 Å². The summed E-state index contributed by atoms with van der Waals surface area (Å²) in [5.74, 6) is -0.517. The number of halogens is 3. The second-order valence-corrected chi connectivity index (χ2v) is 4.83. The van der Waals surface area contributed by atoms with Crippen LogP contribution in [0.2, 0.25) is 10.0 Å². The average molecular weight is 296 g/mol. The summed E-state index contributed by atoms with van der Waals surface area (Å²) in [6, 6.07) is 2.20. The maximum atomic E-state index is 13.4. The predicted octanol–water partition coefficient (Wildman–Crippen LogP) is 2.79. The molecule has 18 heavy (non-hydrogen) atoms. The fourth-order valence-corrected chi connectivity index (χ4v) is 2.21. The van der Waals surface area contributed by atoms with Crippen LogP contribution in [-0.4, -0.2) is 31.5 Å². The van der Waals surface area contributed by atoms with Gasteiger partial charge >= 0.3 is 0 Å². The highest BCUT2D eigenvalue weighted by Gasteiger charge is 2.16. The van der Waals surface area contributed by atoms with E-state index in [0.29, 0.717) is 17.2 Å². The number of ether oxygens (including phenoxy) is 1. The van der Waals surface area contributed by atoms with Crippen molar-refractivity contribution in [1.82, 2.24) is 5.32 Å². The van der Waals surface area contributed by atoms with Crippen LogP contribution < -0.4 is 5.32 Å². The van der Waals surface area contributed by atoms with E-state index in [4.69, 9.17) is 33.0 Å². The average Bonchev–Trinajstić information content (AvgIpc) is 2.33. The molecular formula is C12H16Cl2FNO2. The molecule has 0 aromatic heterocycles. The topological polar surface area (TPSA) is 41.5 Å². The summed E-state index contributed by atoms with van der Waals surface area (Å²) in [4.78, 5) is 0. The first-order valence-corrected chi connectivity index (χ1v) is 6.25. The second kappa shape index (κ2) is 7.26. The molecule has 0 saturated heterocycles. The van der Waals surface area contributed by atoms with E-state index in [2.05, 4.69) is 5.32 Å². The van der Waals surface area contributed by atoms with Crippen LogP contribution in [0.25, 0.3) is 0 Å². The van der Waals surface area contributed by atoms with Gasteiger partial charge < -0.3 is 15.2 Å². The molecule has 0 saturated carbocycles. The number of hydrogen-bond acceptors (Lipinski definition) is 3. The van der Waals surface area contributed by atoms with Crippen molar-refractivity contribution >= 4 is 23.2 Å². The van der Waals surface area contributed by atoms with Gasteiger partial charge in [-0.05, 0) is 24.6 Å². The monoisotopic (exact) mass is 295 g/mol. The summed E-state index contributed by atoms with van der Waals surface area (Å²) < 4.78 is 18.3. The summed E-state index contributed by atoms with van der Waals surface area (Å²) in [5, 5.41) is 12.6. The molecule has 0 aliphatic rings. The number of rotatable bonds is 6. The van der Waals surface area contributed by atoms with Crippen LogP contribution in [0.3, 0.4) is 0 Å². The zero-order chi connectivity index (χ0) is 13.7. The first-order chi connectivity index (χ1) is 8.49. The Morgan fingerprint density at radius 2 is 2.06 bits per heavy atom. The van der Waals surface area contributed by atoms with Crippen LogP contribution in [0, 0.1) is 5.82 Å². The van der Waals surface area contributed by atoms with E-state index >= 15 is 0 Å². The normalized spacial score (nSPS) is 14.6. The zero-order valence-electron chi connectivity index (χ0n) is 10.2. The molecule has 1 rings (SSSR count). The van der Waals surface area contributed by atoms with Crippen molar-refractivity contribution in [1.29, 1.82) is 0 Å². The van der Waals surface area contributed by atoms with Crippen molar-refractivity contribution in [2.24, 2.45) is 0 Å². The fraction of sp³-hybridized carbons (Fsp3) is 0.500. The molecule has 1 aromatic rings. The van der Waals surface area contributed by atoms with Gasteiger partial charge in [-0.3, -0.25) is 0 Å². The summed E-state index contributed by atoms with van der Waals surface area (Å²) in [7, 11) is 1.55. The van der Waals surface area contributed by atoms with Gasteiger partial charge in [0.25, 0.3) is 0 Å². The van der Waals surface area contributed by atoms with Gasteiger partial charge in [-0.15, -0.1) is 0 Å². The van der Waals surface area contributed by atoms with Gasteiger partial charge in [0.15, 0.2) is 0 Å². The van der Waals surface area contributed by atoms with E-state index in [1.807, 2.05) is 6.92 Å². The van der Waals surface area contributed by atoms with Gasteiger partial charge in [-0.1, -0.05) is 23.2 Å². The van der Waals surface area contributed by atoms with Gasteiger partial charge in [-0.25, -0.2) is 4.39 Å². The number of benzene rings is 1. The van der Waals surface area contributed by atoms with E-state index in [9.17, 15) is 4.39 Å². The molecule has 0 heterocycles. The third-order valence-electron chi connectivity index (χ3n) is 2.58. The summed E-state index contributed by atoms with van der Waals surface area (Å²) in [5.41, 5.74) is 0.591. The van der Waals surface area contributed by atoms with Crippen molar-refractivity contribution in [3.05, 3.63) is 33.6 Å². The van der Waals surface area contributed by atoms with Crippen LogP contribution in [0.15, 0.2) is 12.1 Å². The van der Waals surface area contributed by atoms with E-state index in [1.165, 1.54) is 12.1 Å². The van der Waals surface area contributed by atoms with Crippen LogP contribution in [0.5, 0.6) is 0 Å². The Hall–Kier alpha value is -0.390. The molecule has 0 bridgehead atoms. The van der Waals surface area contributed by atoms with Crippen molar-refractivity contribution in [3.8, 4) is 0 Å². The molecule has 1 aromatic carbocycles. The molecule has 0 aliphatic carbocycles. The molecule has 0 fully saturated rings. The quantitative estimate of drug-likeness (QED) is 0.793. The lowest BCUT2D eigenvalue weighted by Crippen LogP contribution is -2.38. The fourth-order valence-electron chi connectivity index (χ4n) is 1.67. The van der Waals surface area contributed by atoms with Crippen LogP contribution in [-0.2, 0) is 4.74 Å². The molecule has 6 heteroatoms. The molecule has 102 valence electrons. The summed E-state index contributed by atoms with van der Waals surface area (Å²) in [6.07, 6.45) is 0. The molecule has 0 aliphatic heterocycles. The largest absolute Gasteiger partial charge is 0.395 e. The third-order valence-corrected chi connectivity index (χ3v) is 3.20. The van der Waals surface area contributed by atoms with Crippen molar-refractivity contribution in [2.75, 3.05) is 20.3 Å². The predicted molar refractivity (Wildman–Crippen MR) is 70.7 cm³/mol. The van der Waals surface area contributed by atoms with E-state index in [-0.39, 0.29) is 23.7 Å². The Bertz CT molecular complexity index is 404. The maximum Gasteiger partial charge on any atom is 0.142 e. The smallest absolute Gasteiger partial charge is 0.142 e. The minimum atomic E-state index is -0.517. The Morgan fingerprint density at radius 1 is 1.39 bits per heavy atom. The lowest BCUT2D eigenvalue weighted by molar-refractivity contribution is 0.123. The summed E-state index contributed by atoms with van der Waals surface area (Å²) in [6.45, 7) is 2.10. The Morgan fingerprint density at radius 3 is 2.61 bits per heavy atom. The number of nitrogens with one attached hydrogen (secondary N) is 1. The Balaban J connectivity index is 2.83. The first-order valence-electron chi connectivity index (χ1n) is 5.49. The lowest BCUT2D eigenvalue weighted by Gasteiger charge is -2.22. The molecule has 2 N–H and O–H groups in total. The van der Waals surface area contributed by atoms with Crippen LogP contribution in [0.4, 0.5) is 4.39 Å². The van der Waals surface area contributed by atoms with E-state index < -0.39 is 5.82 Å². The van der Waals surface area contributed by atoms with Crippen molar-refractivity contribution < 1.29 is 14.2 Å².